The zero-order chi connectivity index (χ0) is 11.4. The Labute approximate surface area is 92.2 Å². The van der Waals surface area contributed by atoms with E-state index in [0.29, 0.717) is 16.9 Å². The monoisotopic (exact) mass is 227 g/mol. The Kier molecular flexibility index (Phi) is 3.85. The van der Waals surface area contributed by atoms with Crippen LogP contribution in [0.4, 0.5) is 10.1 Å². The Bertz CT molecular complexity index is 418. The van der Waals surface area contributed by atoms with Crippen LogP contribution in [0.2, 0.25) is 0 Å². The zero-order valence-corrected chi connectivity index (χ0v) is 9.00. The zero-order valence-electron chi connectivity index (χ0n) is 8.11. The summed E-state index contributed by atoms with van der Waals surface area (Å²) in [5.74, 6) is -0.102. The van der Waals surface area contributed by atoms with Crippen LogP contribution in [-0.2, 0) is 0 Å². The van der Waals surface area contributed by atoms with Crippen molar-refractivity contribution in [3.63, 3.8) is 0 Å². The lowest BCUT2D eigenvalue weighted by molar-refractivity contribution is -0.385. The summed E-state index contributed by atoms with van der Waals surface area (Å²) in [5, 5.41) is 10.6. The second kappa shape index (κ2) is 4.93. The first-order valence-electron chi connectivity index (χ1n) is 4.28. The molecule has 3 nitrogen and oxygen atoms in total. The van der Waals surface area contributed by atoms with Crippen molar-refractivity contribution in [2.24, 2.45) is 0 Å². The van der Waals surface area contributed by atoms with Crippen molar-refractivity contribution in [2.45, 2.75) is 6.92 Å². The van der Waals surface area contributed by atoms with Gasteiger partial charge in [0.05, 0.1) is 11.0 Å². The Hall–Kier alpha value is -1.36. The van der Waals surface area contributed by atoms with Crippen molar-refractivity contribution in [1.82, 2.24) is 0 Å². The predicted octanol–water partition coefficient (Wildman–Crippen LogP) is 2.99. The van der Waals surface area contributed by atoms with Gasteiger partial charge in [-0.2, -0.15) is 12.6 Å². The standard InChI is InChI=1S/C10H10FNO2S/c1-7-8(3-2-4-15)5-9(11)6-10(7)12(13)14/h2-3,5-6,15H,4H2,1H3. The van der Waals surface area contributed by atoms with Gasteiger partial charge in [-0.1, -0.05) is 12.2 Å². The Morgan fingerprint density at radius 1 is 1.60 bits per heavy atom. The number of benzene rings is 1. The van der Waals surface area contributed by atoms with E-state index in [2.05, 4.69) is 12.6 Å². The fraction of sp³-hybridized carbons (Fsp3) is 0.200. The van der Waals surface area contributed by atoms with Gasteiger partial charge in [0, 0.05) is 11.3 Å². The van der Waals surface area contributed by atoms with Crippen LogP contribution >= 0.6 is 12.6 Å². The normalized spacial score (nSPS) is 10.9. The molecular weight excluding hydrogens is 217 g/mol. The summed E-state index contributed by atoms with van der Waals surface area (Å²) in [6.45, 7) is 1.59. The van der Waals surface area contributed by atoms with Gasteiger partial charge in [-0.25, -0.2) is 4.39 Å². The molecule has 5 heteroatoms. The highest BCUT2D eigenvalue weighted by Gasteiger charge is 2.14. The summed E-state index contributed by atoms with van der Waals surface area (Å²) >= 11 is 3.96. The smallest absolute Gasteiger partial charge is 0.258 e. The van der Waals surface area contributed by atoms with Crippen LogP contribution in [0.1, 0.15) is 11.1 Å². The van der Waals surface area contributed by atoms with Crippen LogP contribution in [0.3, 0.4) is 0 Å². The molecule has 0 radical (unpaired) electrons. The average Bonchev–Trinajstić information content (AvgIpc) is 2.18. The van der Waals surface area contributed by atoms with Crippen LogP contribution in [0.15, 0.2) is 18.2 Å². The highest BCUT2D eigenvalue weighted by molar-refractivity contribution is 7.80. The van der Waals surface area contributed by atoms with E-state index in [-0.39, 0.29) is 5.69 Å². The van der Waals surface area contributed by atoms with E-state index < -0.39 is 10.7 Å². The fourth-order valence-electron chi connectivity index (χ4n) is 1.23. The maximum Gasteiger partial charge on any atom is 0.275 e. The van der Waals surface area contributed by atoms with Crippen molar-refractivity contribution >= 4 is 24.4 Å². The molecule has 0 aromatic heterocycles. The first-order chi connectivity index (χ1) is 7.06. The van der Waals surface area contributed by atoms with Gasteiger partial charge in [0.15, 0.2) is 0 Å². The quantitative estimate of drug-likeness (QED) is 0.490. The number of thiol groups is 1. The molecule has 0 saturated heterocycles. The van der Waals surface area contributed by atoms with Gasteiger partial charge < -0.3 is 0 Å². The van der Waals surface area contributed by atoms with E-state index in [1.54, 1.807) is 19.1 Å². The summed E-state index contributed by atoms with van der Waals surface area (Å²) in [6.07, 6.45) is 3.33. The SMILES string of the molecule is Cc1c(C=CCS)cc(F)cc1[N+](=O)[O-]. The number of hydrogen-bond donors (Lipinski definition) is 1. The van der Waals surface area contributed by atoms with Crippen molar-refractivity contribution in [3.05, 3.63) is 45.3 Å². The average molecular weight is 227 g/mol. The maximum absolute atomic E-state index is 13.0. The molecule has 0 heterocycles. The molecule has 0 N–H and O–H groups in total. The van der Waals surface area contributed by atoms with Crippen molar-refractivity contribution in [2.75, 3.05) is 5.75 Å². The van der Waals surface area contributed by atoms with Gasteiger partial charge >= 0.3 is 0 Å². The van der Waals surface area contributed by atoms with Crippen LogP contribution in [0, 0.1) is 22.9 Å². The van der Waals surface area contributed by atoms with Crippen molar-refractivity contribution < 1.29 is 9.31 Å². The molecule has 0 atom stereocenters. The number of nitro benzene ring substituents is 1. The maximum atomic E-state index is 13.0. The molecule has 0 bridgehead atoms. The molecule has 80 valence electrons. The third-order valence-electron chi connectivity index (χ3n) is 1.98. The Balaban J connectivity index is 3.28. The second-order valence-corrected chi connectivity index (χ2v) is 3.35. The van der Waals surface area contributed by atoms with Gasteiger partial charge in [0.25, 0.3) is 5.69 Å². The highest BCUT2D eigenvalue weighted by Crippen LogP contribution is 2.24. The molecule has 1 rings (SSSR count). The predicted molar refractivity (Wildman–Crippen MR) is 60.7 cm³/mol. The fourth-order valence-corrected chi connectivity index (χ4v) is 1.33. The van der Waals surface area contributed by atoms with E-state index in [9.17, 15) is 14.5 Å². The lowest BCUT2D eigenvalue weighted by Gasteiger charge is -2.02. The molecule has 0 aliphatic carbocycles. The molecule has 0 aliphatic heterocycles. The Morgan fingerprint density at radius 2 is 2.27 bits per heavy atom. The van der Waals surface area contributed by atoms with Gasteiger partial charge in [-0.3, -0.25) is 10.1 Å². The minimum Gasteiger partial charge on any atom is -0.258 e. The van der Waals surface area contributed by atoms with Crippen LogP contribution in [0.5, 0.6) is 0 Å². The molecule has 0 spiro atoms. The molecule has 0 aliphatic rings. The molecule has 0 amide bonds. The van der Waals surface area contributed by atoms with Crippen LogP contribution in [0.25, 0.3) is 6.08 Å². The van der Waals surface area contributed by atoms with E-state index in [1.165, 1.54) is 6.07 Å². The van der Waals surface area contributed by atoms with E-state index >= 15 is 0 Å². The van der Waals surface area contributed by atoms with Crippen LogP contribution < -0.4 is 0 Å². The first-order valence-corrected chi connectivity index (χ1v) is 4.91. The minimum atomic E-state index is -0.605. The topological polar surface area (TPSA) is 43.1 Å². The molecule has 0 unspecified atom stereocenters. The molecule has 1 aromatic carbocycles. The largest absolute Gasteiger partial charge is 0.275 e. The van der Waals surface area contributed by atoms with Crippen molar-refractivity contribution in [1.29, 1.82) is 0 Å². The molecule has 0 fully saturated rings. The molecule has 15 heavy (non-hydrogen) atoms. The van der Waals surface area contributed by atoms with E-state index in [4.69, 9.17) is 0 Å². The molecule has 1 aromatic rings. The number of nitrogens with zero attached hydrogens (tertiary/aromatic N) is 1. The van der Waals surface area contributed by atoms with Gasteiger partial charge in [-0.15, -0.1) is 0 Å². The van der Waals surface area contributed by atoms with E-state index in [1.807, 2.05) is 0 Å². The van der Waals surface area contributed by atoms with Gasteiger partial charge in [-0.05, 0) is 18.6 Å². The number of hydrogen-bond acceptors (Lipinski definition) is 3. The van der Waals surface area contributed by atoms with Crippen LogP contribution in [-0.4, -0.2) is 10.7 Å². The lowest BCUT2D eigenvalue weighted by atomic mass is 10.1. The Morgan fingerprint density at radius 3 is 2.80 bits per heavy atom. The third kappa shape index (κ3) is 2.79. The van der Waals surface area contributed by atoms with E-state index in [0.717, 1.165) is 6.07 Å². The molecular formula is C10H10FNO2S. The summed E-state index contributed by atoms with van der Waals surface area (Å²) in [5.41, 5.74) is 0.768. The summed E-state index contributed by atoms with van der Waals surface area (Å²) in [4.78, 5) is 10.0. The van der Waals surface area contributed by atoms with Crippen molar-refractivity contribution in [3.8, 4) is 0 Å². The first kappa shape index (κ1) is 11.7. The number of rotatable bonds is 3. The minimum absolute atomic E-state index is 0.200. The third-order valence-corrected chi connectivity index (χ3v) is 2.20. The summed E-state index contributed by atoms with van der Waals surface area (Å²) < 4.78 is 13.0. The number of halogens is 1. The summed E-state index contributed by atoms with van der Waals surface area (Å²) in [6, 6.07) is 2.19. The molecule has 0 saturated carbocycles. The summed E-state index contributed by atoms with van der Waals surface area (Å²) in [7, 11) is 0. The second-order valence-electron chi connectivity index (χ2n) is 2.98. The number of nitro groups is 1. The van der Waals surface area contributed by atoms with Gasteiger partial charge in [0.2, 0.25) is 0 Å². The highest BCUT2D eigenvalue weighted by atomic mass is 32.1. The lowest BCUT2D eigenvalue weighted by Crippen LogP contribution is -1.95. The van der Waals surface area contributed by atoms with Gasteiger partial charge in [0.1, 0.15) is 5.82 Å².